The van der Waals surface area contributed by atoms with Crippen molar-refractivity contribution < 1.29 is 37.3 Å². The highest BCUT2D eigenvalue weighted by atomic mass is 19.3. The fourth-order valence-corrected chi connectivity index (χ4v) is 6.26. The highest BCUT2D eigenvalue weighted by Gasteiger charge is 2.56. The Morgan fingerprint density at radius 3 is 2.29 bits per heavy atom. The van der Waals surface area contributed by atoms with Crippen molar-refractivity contribution in [2.45, 2.75) is 70.1 Å². The van der Waals surface area contributed by atoms with E-state index in [1.165, 1.54) is 0 Å². The zero-order valence-corrected chi connectivity index (χ0v) is 28.4. The van der Waals surface area contributed by atoms with Gasteiger partial charge in [-0.25, -0.2) is 13.6 Å². The molecule has 0 aromatic heterocycles. The molecule has 3 aromatic rings. The normalized spacial score (nSPS) is 19.0. The van der Waals surface area contributed by atoms with Crippen molar-refractivity contribution in [1.29, 1.82) is 0 Å². The molecule has 8 nitrogen and oxygen atoms in total. The lowest BCUT2D eigenvalue weighted by atomic mass is 9.76. The Morgan fingerprint density at radius 1 is 0.917 bits per heavy atom. The van der Waals surface area contributed by atoms with Crippen molar-refractivity contribution in [3.63, 3.8) is 0 Å². The summed E-state index contributed by atoms with van der Waals surface area (Å²) in [7, 11) is 3.19. The number of amides is 2. The molecule has 0 bridgehead atoms. The fraction of sp³-hybridized carbons (Fsp3) is 0.474. The zero-order valence-electron chi connectivity index (χ0n) is 28.4. The van der Waals surface area contributed by atoms with Crippen LogP contribution < -0.4 is 9.47 Å². The SMILES string of the molecule is COCCCOc1cc(CN(C(=O)[C@H]2CN(C(=O)OC(C)(C)C)CC(F)(F)[C@@H]2c2cccc(-c3ccccc3)c2)C2CC2)cc(OC)c1. The lowest BCUT2D eigenvalue weighted by Gasteiger charge is -2.44. The van der Waals surface area contributed by atoms with Gasteiger partial charge in [0.15, 0.2) is 0 Å². The molecule has 0 spiro atoms. The lowest BCUT2D eigenvalue weighted by molar-refractivity contribution is -0.152. The van der Waals surface area contributed by atoms with Gasteiger partial charge in [0.2, 0.25) is 5.91 Å². The highest BCUT2D eigenvalue weighted by Crippen LogP contribution is 2.46. The topological polar surface area (TPSA) is 77.5 Å². The number of likely N-dealkylation sites (tertiary alicyclic amines) is 1. The van der Waals surface area contributed by atoms with Crippen LogP contribution in [0.15, 0.2) is 72.8 Å². The zero-order chi connectivity index (χ0) is 34.5. The van der Waals surface area contributed by atoms with Gasteiger partial charge in [0.1, 0.15) is 17.1 Å². The minimum atomic E-state index is -3.42. The van der Waals surface area contributed by atoms with E-state index in [1.54, 1.807) is 64.2 Å². The number of nitrogens with zero attached hydrogens (tertiary/aromatic N) is 2. The second-order valence-corrected chi connectivity index (χ2v) is 13.6. The first-order valence-electron chi connectivity index (χ1n) is 16.5. The summed E-state index contributed by atoms with van der Waals surface area (Å²) < 4.78 is 55.1. The lowest BCUT2D eigenvalue weighted by Crippen LogP contribution is -2.58. The van der Waals surface area contributed by atoms with E-state index in [4.69, 9.17) is 18.9 Å². The van der Waals surface area contributed by atoms with Crippen molar-refractivity contribution in [2.24, 2.45) is 5.92 Å². The van der Waals surface area contributed by atoms with E-state index in [0.29, 0.717) is 36.7 Å². The van der Waals surface area contributed by atoms with Crippen LogP contribution in [0.4, 0.5) is 13.6 Å². The Hall–Kier alpha value is -4.18. The van der Waals surface area contributed by atoms with E-state index < -0.39 is 41.9 Å². The average molecular weight is 665 g/mol. The summed E-state index contributed by atoms with van der Waals surface area (Å²) in [5.41, 5.74) is 1.88. The third-order valence-electron chi connectivity index (χ3n) is 8.56. The van der Waals surface area contributed by atoms with E-state index in [1.807, 2.05) is 48.5 Å². The molecule has 2 atom stereocenters. The van der Waals surface area contributed by atoms with Gasteiger partial charge in [0.05, 0.1) is 32.1 Å². The van der Waals surface area contributed by atoms with Crippen LogP contribution in [-0.4, -0.2) is 79.9 Å². The fourth-order valence-electron chi connectivity index (χ4n) is 6.26. The Bertz CT molecular complexity index is 1560. The van der Waals surface area contributed by atoms with Crippen LogP contribution in [0.5, 0.6) is 11.5 Å². The molecule has 1 saturated carbocycles. The van der Waals surface area contributed by atoms with Crippen molar-refractivity contribution in [3.8, 4) is 22.6 Å². The molecule has 5 rings (SSSR count). The maximum Gasteiger partial charge on any atom is 0.410 e. The summed E-state index contributed by atoms with van der Waals surface area (Å²) in [6.45, 7) is 5.19. The van der Waals surface area contributed by atoms with Crippen LogP contribution in [0.2, 0.25) is 0 Å². The van der Waals surface area contributed by atoms with Crippen LogP contribution in [0.25, 0.3) is 11.1 Å². The predicted molar refractivity (Wildman–Crippen MR) is 179 cm³/mol. The molecule has 10 heteroatoms. The quantitative estimate of drug-likeness (QED) is 0.186. The number of carbonyl (C=O) groups excluding carboxylic acids is 2. The standard InChI is InChI=1S/C38H46F2N2O6/c1-37(2,3)48-36(44)41-24-33(34(38(39,40)25-41)29-14-9-13-28(21-29)27-11-7-6-8-12-27)35(43)42(30-15-16-30)23-26-19-31(46-5)22-32(20-26)47-18-10-17-45-4/h6-9,11-14,19-22,30,33-34H,10,15-18,23-25H2,1-5H3/t33-,34+/m0/s1. The second-order valence-electron chi connectivity index (χ2n) is 13.6. The summed E-state index contributed by atoms with van der Waals surface area (Å²) >= 11 is 0. The molecule has 3 aromatic carbocycles. The van der Waals surface area contributed by atoms with Crippen LogP contribution in [0, 0.1) is 5.92 Å². The Kier molecular flexibility index (Phi) is 10.9. The summed E-state index contributed by atoms with van der Waals surface area (Å²) in [5, 5.41) is 0. The number of benzene rings is 3. The molecule has 1 saturated heterocycles. The van der Waals surface area contributed by atoms with Gasteiger partial charge in [-0.1, -0.05) is 54.6 Å². The van der Waals surface area contributed by atoms with Gasteiger partial charge in [-0.2, -0.15) is 0 Å². The van der Waals surface area contributed by atoms with Gasteiger partial charge in [-0.05, 0) is 68.0 Å². The number of rotatable bonds is 12. The smallest absolute Gasteiger partial charge is 0.410 e. The van der Waals surface area contributed by atoms with E-state index in [0.717, 1.165) is 34.4 Å². The van der Waals surface area contributed by atoms with E-state index in [-0.39, 0.29) is 19.1 Å². The molecule has 0 unspecified atom stereocenters. The minimum Gasteiger partial charge on any atom is -0.497 e. The largest absolute Gasteiger partial charge is 0.497 e. The van der Waals surface area contributed by atoms with E-state index in [9.17, 15) is 9.59 Å². The third kappa shape index (κ3) is 8.83. The molecule has 1 heterocycles. The summed E-state index contributed by atoms with van der Waals surface area (Å²) in [6, 6.07) is 21.9. The molecule has 2 aliphatic rings. The van der Waals surface area contributed by atoms with Crippen LogP contribution >= 0.6 is 0 Å². The van der Waals surface area contributed by atoms with E-state index in [2.05, 4.69) is 0 Å². The van der Waals surface area contributed by atoms with Gasteiger partial charge < -0.3 is 28.7 Å². The van der Waals surface area contributed by atoms with Crippen molar-refractivity contribution in [2.75, 3.05) is 40.5 Å². The number of halogens is 2. The van der Waals surface area contributed by atoms with Crippen molar-refractivity contribution in [3.05, 3.63) is 83.9 Å². The number of alkyl halides is 2. The molecular formula is C38H46F2N2O6. The van der Waals surface area contributed by atoms with Gasteiger partial charge >= 0.3 is 6.09 Å². The minimum absolute atomic E-state index is 0.100. The number of hydrogen-bond donors (Lipinski definition) is 0. The third-order valence-corrected chi connectivity index (χ3v) is 8.56. The van der Waals surface area contributed by atoms with Crippen LogP contribution in [0.1, 0.15) is 57.1 Å². The molecule has 1 aliphatic heterocycles. The Balaban J connectivity index is 1.50. The van der Waals surface area contributed by atoms with E-state index >= 15 is 8.78 Å². The van der Waals surface area contributed by atoms with Gasteiger partial charge in [0.25, 0.3) is 5.92 Å². The number of piperidine rings is 1. The first kappa shape index (κ1) is 35.1. The number of ether oxygens (including phenoxy) is 4. The van der Waals surface area contributed by atoms with Crippen molar-refractivity contribution in [1.82, 2.24) is 9.80 Å². The highest BCUT2D eigenvalue weighted by molar-refractivity contribution is 5.82. The molecule has 48 heavy (non-hydrogen) atoms. The van der Waals surface area contributed by atoms with Crippen molar-refractivity contribution >= 4 is 12.0 Å². The first-order chi connectivity index (χ1) is 22.9. The van der Waals surface area contributed by atoms with Gasteiger partial charge in [-0.3, -0.25) is 4.79 Å². The molecular weight excluding hydrogens is 618 g/mol. The summed E-state index contributed by atoms with van der Waals surface area (Å²) in [5.74, 6) is -5.38. The molecule has 2 amide bonds. The van der Waals surface area contributed by atoms with Gasteiger partial charge in [0, 0.05) is 45.3 Å². The second kappa shape index (κ2) is 14.9. The van der Waals surface area contributed by atoms with Gasteiger partial charge in [-0.15, -0.1) is 0 Å². The number of hydrogen-bond acceptors (Lipinski definition) is 6. The molecule has 258 valence electrons. The molecule has 1 aliphatic carbocycles. The Morgan fingerprint density at radius 2 is 1.62 bits per heavy atom. The monoisotopic (exact) mass is 664 g/mol. The maximum absolute atomic E-state index is 16.5. The van der Waals surface area contributed by atoms with Crippen LogP contribution in [0.3, 0.4) is 0 Å². The maximum atomic E-state index is 16.5. The van der Waals surface area contributed by atoms with Crippen LogP contribution in [-0.2, 0) is 20.8 Å². The molecule has 2 fully saturated rings. The molecule has 0 N–H and O–H groups in total. The first-order valence-corrected chi connectivity index (χ1v) is 16.5. The Labute approximate surface area is 281 Å². The predicted octanol–water partition coefficient (Wildman–Crippen LogP) is 7.55. The summed E-state index contributed by atoms with van der Waals surface area (Å²) in [4.78, 5) is 30.6. The summed E-state index contributed by atoms with van der Waals surface area (Å²) in [6.07, 6.45) is 1.37. The average Bonchev–Trinajstić information content (AvgIpc) is 3.90. The molecule has 0 radical (unpaired) electrons. The number of methoxy groups -OCH3 is 2. The number of carbonyl (C=O) groups is 2.